The summed E-state index contributed by atoms with van der Waals surface area (Å²) in [4.78, 5) is 30.6. The van der Waals surface area contributed by atoms with E-state index in [1.165, 1.54) is 24.3 Å². The molecule has 0 aromatic heterocycles. The molecule has 0 aliphatic rings. The van der Waals surface area contributed by atoms with Gasteiger partial charge in [0.1, 0.15) is 6.61 Å². The first-order valence-electron chi connectivity index (χ1n) is 16.0. The maximum atomic E-state index is 15.0. The molecule has 50 heavy (non-hydrogen) atoms. The second kappa shape index (κ2) is 18.6. The standard InChI is InChI=1S/C36H39F2N9O3/c1-47(2)30-15-13-28(14-16-30)44-43-27-11-9-26(10-12-27)41-19-17-24-20-31(37)35(32(38)21-24)50-23-34(48)33(8-3-4-18-39)42-36(49)25-6-5-7-29(22-25)45-46-40/h5-7,9-16,20-22,33,41H,3-4,8,17-19,23,39H2,1-2H3,(H,42,49)/b44-43+/t33-/m0/s1. The molecule has 1 atom stereocenters. The number of carbonyl (C=O) groups excluding carboxylic acids is 2. The summed E-state index contributed by atoms with van der Waals surface area (Å²) in [5.41, 5.74) is 18.3. The van der Waals surface area contributed by atoms with Crippen molar-refractivity contribution in [2.45, 2.75) is 31.7 Å². The van der Waals surface area contributed by atoms with Gasteiger partial charge in [0.2, 0.25) is 0 Å². The zero-order chi connectivity index (χ0) is 35.9. The normalized spacial score (nSPS) is 11.5. The molecule has 0 spiro atoms. The maximum absolute atomic E-state index is 15.0. The third-order valence-electron chi connectivity index (χ3n) is 7.58. The molecule has 4 aromatic carbocycles. The summed E-state index contributed by atoms with van der Waals surface area (Å²) in [6, 6.07) is 22.3. The zero-order valence-corrected chi connectivity index (χ0v) is 27.9. The fourth-order valence-electron chi connectivity index (χ4n) is 4.88. The van der Waals surface area contributed by atoms with Gasteiger partial charge in [0, 0.05) is 48.2 Å². The monoisotopic (exact) mass is 683 g/mol. The van der Waals surface area contributed by atoms with Crippen molar-refractivity contribution in [3.05, 3.63) is 118 Å². The molecule has 0 fully saturated rings. The van der Waals surface area contributed by atoms with Crippen LogP contribution in [0.15, 0.2) is 100 Å². The first-order valence-corrected chi connectivity index (χ1v) is 16.0. The van der Waals surface area contributed by atoms with Gasteiger partial charge < -0.3 is 26.0 Å². The number of nitrogens with one attached hydrogen (secondary N) is 2. The van der Waals surface area contributed by atoms with Crippen LogP contribution in [0, 0.1) is 11.6 Å². The Morgan fingerprint density at radius 1 is 0.920 bits per heavy atom. The number of Topliss-reactive ketones (excluding diaryl/α,β-unsaturated/α-hetero) is 1. The van der Waals surface area contributed by atoms with Gasteiger partial charge in [-0.1, -0.05) is 17.2 Å². The molecule has 0 saturated carbocycles. The van der Waals surface area contributed by atoms with Crippen LogP contribution in [0.4, 0.5) is 37.2 Å². The van der Waals surface area contributed by atoms with Crippen LogP contribution in [0.2, 0.25) is 0 Å². The third kappa shape index (κ3) is 11.1. The van der Waals surface area contributed by atoms with E-state index in [1.807, 2.05) is 67.5 Å². The number of amides is 1. The molecule has 0 saturated heterocycles. The summed E-state index contributed by atoms with van der Waals surface area (Å²) < 4.78 is 35.2. The molecule has 0 heterocycles. The van der Waals surface area contributed by atoms with Gasteiger partial charge in [-0.05, 0) is 116 Å². The molecule has 12 nitrogen and oxygen atoms in total. The van der Waals surface area contributed by atoms with E-state index in [0.29, 0.717) is 43.6 Å². The van der Waals surface area contributed by atoms with Crippen molar-refractivity contribution < 1.29 is 23.1 Å². The predicted octanol–water partition coefficient (Wildman–Crippen LogP) is 7.92. The molecule has 4 aromatic rings. The first kappa shape index (κ1) is 37.0. The molecule has 4 N–H and O–H groups in total. The fourth-order valence-corrected chi connectivity index (χ4v) is 4.88. The molecule has 260 valence electrons. The highest BCUT2D eigenvalue weighted by molar-refractivity contribution is 5.98. The lowest BCUT2D eigenvalue weighted by molar-refractivity contribution is -0.123. The summed E-state index contributed by atoms with van der Waals surface area (Å²) in [6.45, 7) is 0.122. The van der Waals surface area contributed by atoms with Crippen LogP contribution < -0.4 is 26.0 Å². The van der Waals surface area contributed by atoms with Gasteiger partial charge in [0.05, 0.1) is 17.4 Å². The van der Waals surface area contributed by atoms with E-state index in [4.69, 9.17) is 16.0 Å². The van der Waals surface area contributed by atoms with Crippen molar-refractivity contribution in [1.29, 1.82) is 0 Å². The van der Waals surface area contributed by atoms with Crippen molar-refractivity contribution in [1.82, 2.24) is 5.32 Å². The Kier molecular flexibility index (Phi) is 13.8. The molecule has 0 radical (unpaired) electrons. The zero-order valence-electron chi connectivity index (χ0n) is 27.9. The number of azide groups is 1. The summed E-state index contributed by atoms with van der Waals surface area (Å²) in [6.07, 6.45) is 1.69. The molecule has 1 amide bonds. The number of azo groups is 1. The Morgan fingerprint density at radius 2 is 1.58 bits per heavy atom. The van der Waals surface area contributed by atoms with E-state index < -0.39 is 41.7 Å². The largest absolute Gasteiger partial charge is 0.480 e. The number of ketones is 1. The van der Waals surface area contributed by atoms with Crippen LogP contribution in [0.1, 0.15) is 35.2 Å². The van der Waals surface area contributed by atoms with Gasteiger partial charge in [-0.2, -0.15) is 10.2 Å². The Bertz CT molecular complexity index is 1800. The number of hydrogen-bond acceptors (Lipinski definition) is 9. The van der Waals surface area contributed by atoms with Gasteiger partial charge in [0.15, 0.2) is 23.2 Å². The first-order chi connectivity index (χ1) is 24.2. The average Bonchev–Trinajstić information content (AvgIpc) is 3.11. The van der Waals surface area contributed by atoms with E-state index in [2.05, 4.69) is 30.9 Å². The van der Waals surface area contributed by atoms with Crippen LogP contribution in [0.5, 0.6) is 5.75 Å². The van der Waals surface area contributed by atoms with Crippen molar-refractivity contribution in [2.24, 2.45) is 21.1 Å². The highest BCUT2D eigenvalue weighted by Gasteiger charge is 2.23. The van der Waals surface area contributed by atoms with E-state index in [9.17, 15) is 18.4 Å². The maximum Gasteiger partial charge on any atom is 0.251 e. The molecule has 0 aliphatic heterocycles. The lowest BCUT2D eigenvalue weighted by atomic mass is 10.0. The van der Waals surface area contributed by atoms with Crippen molar-refractivity contribution in [3.63, 3.8) is 0 Å². The summed E-state index contributed by atoms with van der Waals surface area (Å²) in [5.74, 6) is -3.72. The highest BCUT2D eigenvalue weighted by Crippen LogP contribution is 2.25. The molecule has 0 aliphatic carbocycles. The van der Waals surface area contributed by atoms with E-state index in [1.54, 1.807) is 0 Å². The highest BCUT2D eigenvalue weighted by atomic mass is 19.1. The quantitative estimate of drug-likeness (QED) is 0.0416. The second-order valence-corrected chi connectivity index (χ2v) is 11.5. The van der Waals surface area contributed by atoms with Crippen molar-refractivity contribution in [3.8, 4) is 5.75 Å². The molecule has 0 unspecified atom stereocenters. The average molecular weight is 684 g/mol. The third-order valence-corrected chi connectivity index (χ3v) is 7.58. The molecular weight excluding hydrogens is 644 g/mol. The number of anilines is 2. The Hall–Kier alpha value is -5.85. The smallest absolute Gasteiger partial charge is 0.251 e. The minimum absolute atomic E-state index is 0.177. The van der Waals surface area contributed by atoms with Gasteiger partial charge >= 0.3 is 0 Å². The second-order valence-electron chi connectivity index (χ2n) is 11.5. The number of benzene rings is 4. The van der Waals surface area contributed by atoms with E-state index in [-0.39, 0.29) is 17.7 Å². The minimum Gasteiger partial charge on any atom is -0.480 e. The van der Waals surface area contributed by atoms with Crippen molar-refractivity contribution in [2.75, 3.05) is 44.0 Å². The minimum atomic E-state index is -0.994. The van der Waals surface area contributed by atoms with Gasteiger partial charge in [0.25, 0.3) is 5.91 Å². The van der Waals surface area contributed by atoms with Crippen LogP contribution in [0.3, 0.4) is 0 Å². The Balaban J connectivity index is 1.29. The van der Waals surface area contributed by atoms with E-state index in [0.717, 1.165) is 29.2 Å². The summed E-state index contributed by atoms with van der Waals surface area (Å²) in [5, 5.41) is 17.9. The van der Waals surface area contributed by atoms with E-state index >= 15 is 0 Å². The predicted molar refractivity (Wildman–Crippen MR) is 190 cm³/mol. The van der Waals surface area contributed by atoms with Crippen molar-refractivity contribution >= 4 is 40.1 Å². The number of carbonyl (C=O) groups is 2. The number of rotatable bonds is 18. The molecular formula is C36H39F2N9O3. The van der Waals surface area contributed by atoms with Gasteiger partial charge in [-0.3, -0.25) is 9.59 Å². The number of ether oxygens (including phenoxy) is 1. The SMILES string of the molecule is CN(C)c1ccc(/N=N/c2ccc(NCCc3cc(F)c(OCC(=O)[C@H](CCCCN)NC(=O)c4cccc(N=[N+]=[N-])c4)c(F)c3)cc2)cc1. The summed E-state index contributed by atoms with van der Waals surface area (Å²) in [7, 11) is 3.93. The van der Waals surface area contributed by atoms with Crippen LogP contribution >= 0.6 is 0 Å². The Morgan fingerprint density at radius 3 is 2.20 bits per heavy atom. The van der Waals surface area contributed by atoms with Gasteiger partial charge in [-0.25, -0.2) is 8.78 Å². The summed E-state index contributed by atoms with van der Waals surface area (Å²) >= 11 is 0. The Labute approximate surface area is 289 Å². The number of hydrogen-bond donors (Lipinski definition) is 3. The number of halogens is 2. The van der Waals surface area contributed by atoms with Crippen LogP contribution in [0.25, 0.3) is 10.4 Å². The lowest BCUT2D eigenvalue weighted by Crippen LogP contribution is -2.43. The van der Waals surface area contributed by atoms with Crippen LogP contribution in [-0.4, -0.2) is 51.5 Å². The van der Waals surface area contributed by atoms with Crippen LogP contribution in [-0.2, 0) is 11.2 Å². The topological polar surface area (TPSA) is 170 Å². The number of nitrogens with zero attached hydrogens (tertiary/aromatic N) is 6. The molecule has 4 rings (SSSR count). The molecule has 14 heteroatoms. The fraction of sp³-hybridized carbons (Fsp3) is 0.278. The lowest BCUT2D eigenvalue weighted by Gasteiger charge is -2.18. The van der Waals surface area contributed by atoms with Gasteiger partial charge in [-0.15, -0.1) is 0 Å². The number of unbranched alkanes of at least 4 members (excludes halogenated alkanes) is 1. The number of nitrogens with two attached hydrogens (primary N) is 1. The molecule has 0 bridgehead atoms.